The fraction of sp³-hybridized carbons (Fsp3) is 0.958. The second-order valence-corrected chi connectivity index (χ2v) is 9.81. The van der Waals surface area contributed by atoms with E-state index in [-0.39, 0.29) is 12.7 Å². The first kappa shape index (κ1) is 25.7. The number of alkyl carbamates (subject to hydrolysis) is 1. The minimum atomic E-state index is -1.07. The molecule has 4 atom stereocenters. The normalized spacial score (nSPS) is 32.4. The molecule has 0 aliphatic carbocycles. The summed E-state index contributed by atoms with van der Waals surface area (Å²) in [6, 6.07) is 0. The predicted molar refractivity (Wildman–Crippen MR) is 121 cm³/mol. The molecule has 0 radical (unpaired) electrons. The number of carbonyl (C=O) groups is 1. The Labute approximate surface area is 193 Å². The van der Waals surface area contributed by atoms with E-state index < -0.39 is 29.9 Å². The van der Waals surface area contributed by atoms with E-state index in [1.807, 2.05) is 13.8 Å². The summed E-state index contributed by atoms with van der Waals surface area (Å²) in [5, 5.41) is 2.56. The van der Waals surface area contributed by atoms with Gasteiger partial charge < -0.3 is 33.9 Å². The van der Waals surface area contributed by atoms with Gasteiger partial charge in [-0.3, -0.25) is 0 Å². The molecule has 3 rings (SSSR count). The van der Waals surface area contributed by atoms with Gasteiger partial charge in [-0.2, -0.15) is 0 Å². The van der Waals surface area contributed by atoms with E-state index in [0.29, 0.717) is 13.2 Å². The molecule has 8 nitrogen and oxygen atoms in total. The highest BCUT2D eigenvalue weighted by molar-refractivity contribution is 5.67. The molecule has 0 unspecified atom stereocenters. The third-order valence-electron chi connectivity index (χ3n) is 6.56. The van der Waals surface area contributed by atoms with Crippen LogP contribution in [0.2, 0.25) is 0 Å². The molecule has 0 saturated carbocycles. The predicted octanol–water partition coefficient (Wildman–Crippen LogP) is 3.82. The number of unbranched alkanes of at least 4 members (excludes halogenated alkanes) is 4. The second kappa shape index (κ2) is 12.0. The molecule has 3 fully saturated rings. The lowest BCUT2D eigenvalue weighted by atomic mass is 10.0. The van der Waals surface area contributed by atoms with Crippen molar-refractivity contribution in [3.63, 3.8) is 0 Å². The van der Waals surface area contributed by atoms with Gasteiger partial charge in [-0.15, -0.1) is 0 Å². The monoisotopic (exact) mass is 456 g/mol. The first-order chi connectivity index (χ1) is 15.4. The van der Waals surface area contributed by atoms with Gasteiger partial charge in [0.25, 0.3) is 0 Å². The van der Waals surface area contributed by atoms with Crippen molar-refractivity contribution in [2.75, 3.05) is 39.9 Å². The highest BCUT2D eigenvalue weighted by atomic mass is 16.9. The fourth-order valence-corrected chi connectivity index (χ4v) is 5.02. The largest absolute Gasteiger partial charge is 0.440 e. The summed E-state index contributed by atoms with van der Waals surface area (Å²) in [6.45, 7) is 9.61. The third-order valence-corrected chi connectivity index (χ3v) is 6.56. The van der Waals surface area contributed by atoms with Gasteiger partial charge in [0.05, 0.1) is 0 Å². The van der Waals surface area contributed by atoms with E-state index in [1.54, 1.807) is 7.05 Å². The summed E-state index contributed by atoms with van der Waals surface area (Å²) in [5.74, 6) is -1.91. The number of fused-ring (bicyclic) bond motifs is 1. The van der Waals surface area contributed by atoms with Crippen molar-refractivity contribution < 1.29 is 28.5 Å². The average Bonchev–Trinajstić information content (AvgIpc) is 3.01. The van der Waals surface area contributed by atoms with Crippen LogP contribution in [0.4, 0.5) is 4.79 Å². The van der Waals surface area contributed by atoms with Crippen LogP contribution in [-0.2, 0) is 23.7 Å². The Morgan fingerprint density at radius 2 is 1.78 bits per heavy atom. The summed E-state index contributed by atoms with van der Waals surface area (Å²) in [5.41, 5.74) is 0. The van der Waals surface area contributed by atoms with E-state index >= 15 is 0 Å². The fourth-order valence-electron chi connectivity index (χ4n) is 5.02. The second-order valence-electron chi connectivity index (χ2n) is 9.81. The zero-order valence-corrected chi connectivity index (χ0v) is 20.5. The van der Waals surface area contributed by atoms with Crippen LogP contribution in [0.5, 0.6) is 0 Å². The summed E-state index contributed by atoms with van der Waals surface area (Å²) in [7, 11) is 1.56. The number of rotatable bonds is 11. The van der Waals surface area contributed by atoms with Crippen molar-refractivity contribution in [1.82, 2.24) is 10.2 Å². The number of nitrogens with one attached hydrogen (secondary N) is 1. The van der Waals surface area contributed by atoms with Crippen molar-refractivity contribution in [3.8, 4) is 0 Å². The first-order valence-electron chi connectivity index (χ1n) is 12.6. The maximum absolute atomic E-state index is 12.2. The van der Waals surface area contributed by atoms with E-state index in [9.17, 15) is 4.79 Å². The van der Waals surface area contributed by atoms with Crippen molar-refractivity contribution in [3.05, 3.63) is 0 Å². The molecule has 0 aromatic heterocycles. The van der Waals surface area contributed by atoms with Crippen LogP contribution in [0.3, 0.4) is 0 Å². The van der Waals surface area contributed by atoms with Crippen molar-refractivity contribution in [2.24, 2.45) is 0 Å². The lowest BCUT2D eigenvalue weighted by molar-refractivity contribution is -0.279. The van der Waals surface area contributed by atoms with Crippen LogP contribution in [0.15, 0.2) is 0 Å². The molecule has 1 N–H and O–H groups in total. The van der Waals surface area contributed by atoms with Crippen molar-refractivity contribution >= 4 is 6.09 Å². The molecule has 3 saturated heterocycles. The van der Waals surface area contributed by atoms with E-state index in [1.165, 1.54) is 44.9 Å². The number of carbonyl (C=O) groups excluding carboxylic acids is 1. The highest BCUT2D eigenvalue weighted by Gasteiger charge is 2.66. The molecule has 32 heavy (non-hydrogen) atoms. The molecule has 186 valence electrons. The molecule has 1 amide bonds. The van der Waals surface area contributed by atoms with Gasteiger partial charge in [-0.25, -0.2) is 4.79 Å². The van der Waals surface area contributed by atoms with Crippen LogP contribution in [0, 0.1) is 0 Å². The maximum Gasteiger partial charge on any atom is 0.407 e. The molecule has 3 heterocycles. The quantitative estimate of drug-likeness (QED) is 0.474. The Bertz CT molecular complexity index is 581. The molecule has 3 aliphatic heterocycles. The maximum atomic E-state index is 12.2. The zero-order valence-electron chi connectivity index (χ0n) is 20.5. The van der Waals surface area contributed by atoms with E-state index in [0.717, 1.165) is 25.9 Å². The minimum absolute atomic E-state index is 0.263. The molecule has 0 bridgehead atoms. The SMILES string of the molecule is CCCCCCCOC[C@@]12O[C@@H](CN3CCCCCC3)[C@@H](OC(=O)NC)[C@@H]1OC(C)(C)O2. The van der Waals surface area contributed by atoms with Crippen LogP contribution >= 0.6 is 0 Å². The molecule has 0 aromatic carbocycles. The summed E-state index contributed by atoms with van der Waals surface area (Å²) in [4.78, 5) is 14.6. The molecular formula is C24H44N2O6. The van der Waals surface area contributed by atoms with Gasteiger partial charge >= 0.3 is 6.09 Å². The number of likely N-dealkylation sites (tertiary alicyclic amines) is 1. The van der Waals surface area contributed by atoms with Crippen LogP contribution < -0.4 is 5.32 Å². The standard InChI is InChI=1S/C24H44N2O6/c1-5-6-7-10-13-16-28-18-24-21(31-23(2,3)32-24)20(29-22(27)25-4)19(30-24)17-26-14-11-8-9-12-15-26/h19-21H,5-18H2,1-4H3,(H,25,27)/t19-,20+,21-,24-/m0/s1. The van der Waals surface area contributed by atoms with Gasteiger partial charge in [-0.1, -0.05) is 45.4 Å². The highest BCUT2D eigenvalue weighted by Crippen LogP contribution is 2.47. The Balaban J connectivity index is 1.67. The number of hydrogen-bond donors (Lipinski definition) is 1. The van der Waals surface area contributed by atoms with Crippen LogP contribution in [0.1, 0.15) is 78.6 Å². The Kier molecular flexibility index (Phi) is 9.61. The molecule has 0 spiro atoms. The Morgan fingerprint density at radius 1 is 1.06 bits per heavy atom. The van der Waals surface area contributed by atoms with Crippen molar-refractivity contribution in [1.29, 1.82) is 0 Å². The summed E-state index contributed by atoms with van der Waals surface area (Å²) in [6.07, 6.45) is 8.87. The number of nitrogens with zero attached hydrogens (tertiary/aromatic N) is 1. The van der Waals surface area contributed by atoms with Gasteiger partial charge in [0, 0.05) is 20.2 Å². The smallest absolute Gasteiger partial charge is 0.407 e. The number of hydrogen-bond acceptors (Lipinski definition) is 7. The van der Waals surface area contributed by atoms with Gasteiger partial charge in [0.2, 0.25) is 5.79 Å². The van der Waals surface area contributed by atoms with Crippen molar-refractivity contribution in [2.45, 2.75) is 108 Å². The molecule has 8 heteroatoms. The summed E-state index contributed by atoms with van der Waals surface area (Å²) >= 11 is 0. The van der Waals surface area contributed by atoms with Crippen LogP contribution in [0.25, 0.3) is 0 Å². The van der Waals surface area contributed by atoms with Crippen LogP contribution in [-0.4, -0.2) is 80.8 Å². The molecule has 3 aliphatic rings. The minimum Gasteiger partial charge on any atom is -0.440 e. The van der Waals surface area contributed by atoms with E-state index in [4.69, 9.17) is 23.7 Å². The number of ether oxygens (including phenoxy) is 5. The lowest BCUT2D eigenvalue weighted by Crippen LogP contribution is -2.47. The third kappa shape index (κ3) is 6.79. The first-order valence-corrected chi connectivity index (χ1v) is 12.6. The van der Waals surface area contributed by atoms with E-state index in [2.05, 4.69) is 17.1 Å². The summed E-state index contributed by atoms with van der Waals surface area (Å²) < 4.78 is 30.9. The van der Waals surface area contributed by atoms with Gasteiger partial charge in [0.1, 0.15) is 12.7 Å². The topological polar surface area (TPSA) is 78.5 Å². The number of amides is 1. The Hall–Kier alpha value is -0.930. The lowest BCUT2D eigenvalue weighted by Gasteiger charge is -2.31. The molecule has 0 aromatic rings. The van der Waals surface area contributed by atoms with Gasteiger partial charge in [0.15, 0.2) is 18.0 Å². The van der Waals surface area contributed by atoms with Gasteiger partial charge in [-0.05, 0) is 46.2 Å². The molecular weight excluding hydrogens is 412 g/mol. The zero-order chi connectivity index (χ0) is 23.0. The average molecular weight is 457 g/mol. The Morgan fingerprint density at radius 3 is 2.47 bits per heavy atom.